The second-order valence-corrected chi connectivity index (χ2v) is 8.63. The molecule has 0 atom stereocenters. The van der Waals surface area contributed by atoms with Crippen LogP contribution in [0, 0.1) is 11.8 Å². The Labute approximate surface area is 165 Å². The van der Waals surface area contributed by atoms with Gasteiger partial charge in [-0.3, -0.25) is 4.79 Å². The molecule has 27 heavy (non-hydrogen) atoms. The molecular weight excluding hydrogens is 338 g/mol. The number of carbonyl (C=O) groups excluding carboxylic acids is 1. The van der Waals surface area contributed by atoms with Gasteiger partial charge < -0.3 is 14.8 Å². The maximum absolute atomic E-state index is 13.2. The highest BCUT2D eigenvalue weighted by atomic mass is 16.5. The van der Waals surface area contributed by atoms with Crippen LogP contribution in [0.3, 0.4) is 0 Å². The molecule has 0 aliphatic heterocycles. The second-order valence-electron chi connectivity index (χ2n) is 8.63. The molecule has 0 radical (unpaired) electrons. The summed E-state index contributed by atoms with van der Waals surface area (Å²) in [5, 5.41) is 3.08. The van der Waals surface area contributed by atoms with Gasteiger partial charge in [0, 0.05) is 12.3 Å². The Morgan fingerprint density at radius 3 is 2.11 bits per heavy atom. The molecule has 1 N–H and O–H groups in total. The van der Waals surface area contributed by atoms with Crippen LogP contribution in [0.1, 0.15) is 73.1 Å². The van der Waals surface area contributed by atoms with E-state index < -0.39 is 5.60 Å². The topological polar surface area (TPSA) is 47.6 Å². The van der Waals surface area contributed by atoms with Gasteiger partial charge in [0.25, 0.3) is 5.91 Å². The van der Waals surface area contributed by atoms with Crippen LogP contribution in [0.15, 0.2) is 24.3 Å². The average Bonchev–Trinajstić information content (AvgIpc) is 3.08. The Bertz CT molecular complexity index is 564. The molecule has 0 bridgehead atoms. The normalized spacial score (nSPS) is 15.5. The molecule has 4 heteroatoms. The number of anilines is 1. The number of nitrogens with one attached hydrogen (secondary N) is 1. The zero-order valence-electron chi connectivity index (χ0n) is 17.7. The highest BCUT2D eigenvalue weighted by Crippen LogP contribution is 2.31. The maximum atomic E-state index is 13.2. The van der Waals surface area contributed by atoms with Crippen molar-refractivity contribution in [2.45, 2.75) is 84.8 Å². The number of hydrogen-bond donors (Lipinski definition) is 1. The van der Waals surface area contributed by atoms with Crippen LogP contribution in [0.25, 0.3) is 0 Å². The van der Waals surface area contributed by atoms with E-state index in [2.05, 4.69) is 33.0 Å². The Kier molecular flexibility index (Phi) is 8.15. The first kappa shape index (κ1) is 21.7. The minimum absolute atomic E-state index is 0.0452. The summed E-state index contributed by atoms with van der Waals surface area (Å²) >= 11 is 0. The van der Waals surface area contributed by atoms with Crippen molar-refractivity contribution in [3.8, 4) is 5.75 Å². The number of hydrogen-bond acceptors (Lipinski definition) is 3. The van der Waals surface area contributed by atoms with Crippen LogP contribution in [0.5, 0.6) is 5.75 Å². The molecular formula is C23H37NO3. The van der Waals surface area contributed by atoms with Crippen molar-refractivity contribution in [3.63, 3.8) is 0 Å². The maximum Gasteiger partial charge on any atom is 0.256 e. The molecule has 0 spiro atoms. The summed E-state index contributed by atoms with van der Waals surface area (Å²) in [4.78, 5) is 13.2. The fourth-order valence-corrected chi connectivity index (χ4v) is 4.11. The molecule has 0 aromatic heterocycles. The predicted octanol–water partition coefficient (Wildman–Crippen LogP) is 5.81. The lowest BCUT2D eigenvalue weighted by Gasteiger charge is -2.35. The van der Waals surface area contributed by atoms with E-state index in [0.717, 1.165) is 24.3 Å². The first-order chi connectivity index (χ1) is 12.8. The largest absolute Gasteiger partial charge is 0.490 e. The van der Waals surface area contributed by atoms with Gasteiger partial charge in [0.1, 0.15) is 11.4 Å². The van der Waals surface area contributed by atoms with E-state index in [1.807, 2.05) is 31.2 Å². The van der Waals surface area contributed by atoms with Gasteiger partial charge in [-0.05, 0) is 81.5 Å². The van der Waals surface area contributed by atoms with Crippen molar-refractivity contribution in [2.75, 3.05) is 11.9 Å². The molecule has 2 rings (SSSR count). The Hall–Kier alpha value is -1.55. The van der Waals surface area contributed by atoms with Crippen molar-refractivity contribution in [3.05, 3.63) is 24.3 Å². The number of amides is 1. The molecule has 1 fully saturated rings. The van der Waals surface area contributed by atoms with Crippen molar-refractivity contribution in [1.82, 2.24) is 0 Å². The van der Waals surface area contributed by atoms with Gasteiger partial charge >= 0.3 is 0 Å². The summed E-state index contributed by atoms with van der Waals surface area (Å²) in [7, 11) is 0. The quantitative estimate of drug-likeness (QED) is 0.561. The van der Waals surface area contributed by atoms with E-state index in [-0.39, 0.29) is 5.91 Å². The summed E-state index contributed by atoms with van der Waals surface area (Å²) in [6.45, 7) is 11.0. The molecule has 1 aliphatic rings. The van der Waals surface area contributed by atoms with Crippen LogP contribution < -0.4 is 10.1 Å². The van der Waals surface area contributed by atoms with E-state index in [1.54, 1.807) is 0 Å². The molecule has 1 aromatic carbocycles. The van der Waals surface area contributed by atoms with Crippen LogP contribution >= 0.6 is 0 Å². The highest BCUT2D eigenvalue weighted by molar-refractivity contribution is 5.97. The van der Waals surface area contributed by atoms with Gasteiger partial charge in [-0.15, -0.1) is 0 Å². The Balaban J connectivity index is 2.07. The molecule has 4 nitrogen and oxygen atoms in total. The predicted molar refractivity (Wildman–Crippen MR) is 111 cm³/mol. The fraction of sp³-hybridized carbons (Fsp3) is 0.696. The number of benzene rings is 1. The van der Waals surface area contributed by atoms with Crippen LogP contribution in [0.2, 0.25) is 0 Å². The minimum Gasteiger partial charge on any atom is -0.490 e. The Morgan fingerprint density at radius 2 is 1.63 bits per heavy atom. The van der Waals surface area contributed by atoms with Gasteiger partial charge in [-0.2, -0.15) is 0 Å². The van der Waals surface area contributed by atoms with Gasteiger partial charge in [0.05, 0.1) is 6.10 Å². The summed E-state index contributed by atoms with van der Waals surface area (Å²) < 4.78 is 12.1. The van der Waals surface area contributed by atoms with Gasteiger partial charge in [-0.1, -0.05) is 27.7 Å². The molecule has 0 unspecified atom stereocenters. The summed E-state index contributed by atoms with van der Waals surface area (Å²) in [6, 6.07) is 7.73. The monoisotopic (exact) mass is 375 g/mol. The first-order valence-electron chi connectivity index (χ1n) is 10.6. The third-order valence-corrected chi connectivity index (χ3v) is 5.03. The van der Waals surface area contributed by atoms with Crippen LogP contribution in [0.4, 0.5) is 5.69 Å². The molecule has 1 amide bonds. The lowest BCUT2D eigenvalue weighted by molar-refractivity contribution is -0.146. The fourth-order valence-electron chi connectivity index (χ4n) is 4.11. The zero-order chi connectivity index (χ0) is 19.9. The van der Waals surface area contributed by atoms with Crippen LogP contribution in [-0.2, 0) is 9.53 Å². The van der Waals surface area contributed by atoms with Gasteiger partial charge in [0.15, 0.2) is 0 Å². The number of rotatable bonds is 10. The SMILES string of the molecule is CCOC(CC(C)C)(CC(C)C)C(=O)Nc1ccc(OC2CCCC2)cc1. The highest BCUT2D eigenvalue weighted by Gasteiger charge is 2.40. The van der Waals surface area contributed by atoms with E-state index in [4.69, 9.17) is 9.47 Å². The summed E-state index contributed by atoms with van der Waals surface area (Å²) in [6.07, 6.45) is 6.56. The Morgan fingerprint density at radius 1 is 1.07 bits per heavy atom. The van der Waals surface area contributed by atoms with E-state index in [9.17, 15) is 4.79 Å². The molecule has 1 aliphatic carbocycles. The van der Waals surface area contributed by atoms with E-state index in [1.165, 1.54) is 12.8 Å². The number of carbonyl (C=O) groups is 1. The lowest BCUT2D eigenvalue weighted by atomic mass is 9.83. The zero-order valence-corrected chi connectivity index (χ0v) is 17.7. The summed E-state index contributed by atoms with van der Waals surface area (Å²) in [5.41, 5.74) is 0.00573. The number of ether oxygens (including phenoxy) is 2. The molecule has 152 valence electrons. The van der Waals surface area contributed by atoms with Gasteiger partial charge in [0.2, 0.25) is 0 Å². The molecule has 1 saturated carbocycles. The second kappa shape index (κ2) is 10.1. The average molecular weight is 376 g/mol. The summed E-state index contributed by atoms with van der Waals surface area (Å²) in [5.74, 6) is 1.59. The molecule has 1 aromatic rings. The van der Waals surface area contributed by atoms with Crippen molar-refractivity contribution in [2.24, 2.45) is 11.8 Å². The van der Waals surface area contributed by atoms with Crippen molar-refractivity contribution < 1.29 is 14.3 Å². The first-order valence-corrected chi connectivity index (χ1v) is 10.6. The molecule has 0 saturated heterocycles. The van der Waals surface area contributed by atoms with E-state index in [0.29, 0.717) is 37.4 Å². The lowest BCUT2D eigenvalue weighted by Crippen LogP contribution is -2.47. The van der Waals surface area contributed by atoms with Crippen LogP contribution in [-0.4, -0.2) is 24.2 Å². The third-order valence-electron chi connectivity index (χ3n) is 5.03. The third kappa shape index (κ3) is 6.53. The van der Waals surface area contributed by atoms with Crippen molar-refractivity contribution >= 4 is 11.6 Å². The van der Waals surface area contributed by atoms with Crippen molar-refractivity contribution in [1.29, 1.82) is 0 Å². The molecule has 0 heterocycles. The standard InChI is InChI=1S/C23H37NO3/c1-6-26-23(15-17(2)3,16-18(4)5)22(25)24-19-11-13-21(14-12-19)27-20-9-7-8-10-20/h11-14,17-18,20H,6-10,15-16H2,1-5H3,(H,24,25). The smallest absolute Gasteiger partial charge is 0.256 e. The minimum atomic E-state index is -0.782. The van der Waals surface area contributed by atoms with E-state index >= 15 is 0 Å². The van der Waals surface area contributed by atoms with Gasteiger partial charge in [-0.25, -0.2) is 0 Å².